The second kappa shape index (κ2) is 6.39. The standard InChI is InChI=1S/C19H31NO/c1-13-10-14(2)18(17(11-13)20-6)21-16-9-7-8-15(12-16)19(3,4)5/h7-9,12-14,17-18,20H,10-11H2,1-6H3. The Bertz CT molecular complexity index is 463. The summed E-state index contributed by atoms with van der Waals surface area (Å²) in [5.74, 6) is 2.37. The molecule has 0 amide bonds. The van der Waals surface area contributed by atoms with Crippen LogP contribution in [0, 0.1) is 11.8 Å². The highest BCUT2D eigenvalue weighted by molar-refractivity contribution is 5.33. The largest absolute Gasteiger partial charge is 0.489 e. The van der Waals surface area contributed by atoms with Gasteiger partial charge in [-0.15, -0.1) is 0 Å². The summed E-state index contributed by atoms with van der Waals surface area (Å²) in [5, 5.41) is 3.45. The second-order valence-corrected chi connectivity index (χ2v) is 7.81. The predicted octanol–water partition coefficient (Wildman–Crippen LogP) is 4.39. The average Bonchev–Trinajstić information content (AvgIpc) is 2.41. The van der Waals surface area contributed by atoms with Gasteiger partial charge in [-0.2, -0.15) is 0 Å². The van der Waals surface area contributed by atoms with Gasteiger partial charge in [0, 0.05) is 6.04 Å². The van der Waals surface area contributed by atoms with E-state index in [1.165, 1.54) is 18.4 Å². The molecule has 1 saturated carbocycles. The van der Waals surface area contributed by atoms with Gasteiger partial charge < -0.3 is 10.1 Å². The van der Waals surface area contributed by atoms with Crippen molar-refractivity contribution in [1.82, 2.24) is 5.32 Å². The van der Waals surface area contributed by atoms with E-state index in [0.717, 1.165) is 11.7 Å². The molecule has 1 aromatic rings. The highest BCUT2D eigenvalue weighted by atomic mass is 16.5. The van der Waals surface area contributed by atoms with E-state index >= 15 is 0 Å². The van der Waals surface area contributed by atoms with Crippen LogP contribution in [0.25, 0.3) is 0 Å². The molecule has 1 aliphatic rings. The molecule has 0 aromatic heterocycles. The molecule has 118 valence electrons. The fourth-order valence-electron chi connectivity index (χ4n) is 3.50. The summed E-state index contributed by atoms with van der Waals surface area (Å²) in [6.07, 6.45) is 2.72. The van der Waals surface area contributed by atoms with Gasteiger partial charge in [0.05, 0.1) is 0 Å². The first-order chi connectivity index (χ1) is 9.81. The lowest BCUT2D eigenvalue weighted by molar-refractivity contribution is 0.0506. The van der Waals surface area contributed by atoms with Crippen LogP contribution in [0.4, 0.5) is 0 Å². The summed E-state index contributed by atoms with van der Waals surface area (Å²) < 4.78 is 6.39. The number of hydrogen-bond acceptors (Lipinski definition) is 2. The van der Waals surface area contributed by atoms with Crippen LogP contribution in [-0.4, -0.2) is 19.2 Å². The Morgan fingerprint density at radius 2 is 1.86 bits per heavy atom. The van der Waals surface area contributed by atoms with Crippen LogP contribution in [0.3, 0.4) is 0 Å². The van der Waals surface area contributed by atoms with Crippen LogP contribution >= 0.6 is 0 Å². The van der Waals surface area contributed by atoms with Crippen LogP contribution < -0.4 is 10.1 Å². The number of benzene rings is 1. The molecule has 2 rings (SSSR count). The van der Waals surface area contributed by atoms with Crippen molar-refractivity contribution in [3.63, 3.8) is 0 Å². The second-order valence-electron chi connectivity index (χ2n) is 7.81. The third-order valence-electron chi connectivity index (χ3n) is 4.73. The molecule has 2 nitrogen and oxygen atoms in total. The highest BCUT2D eigenvalue weighted by Crippen LogP contribution is 2.33. The molecule has 0 heterocycles. The molecule has 0 aliphatic heterocycles. The fourth-order valence-corrected chi connectivity index (χ4v) is 3.50. The Labute approximate surface area is 130 Å². The van der Waals surface area contributed by atoms with Gasteiger partial charge in [-0.05, 0) is 54.8 Å². The molecule has 0 spiro atoms. The van der Waals surface area contributed by atoms with Gasteiger partial charge in [0.15, 0.2) is 0 Å². The number of nitrogens with one attached hydrogen (secondary N) is 1. The van der Waals surface area contributed by atoms with Crippen molar-refractivity contribution in [2.75, 3.05) is 7.05 Å². The molecule has 0 radical (unpaired) electrons. The van der Waals surface area contributed by atoms with Crippen molar-refractivity contribution in [3.8, 4) is 5.75 Å². The fraction of sp³-hybridized carbons (Fsp3) is 0.684. The Morgan fingerprint density at radius 3 is 2.48 bits per heavy atom. The van der Waals surface area contributed by atoms with E-state index in [2.05, 4.69) is 71.2 Å². The third-order valence-corrected chi connectivity index (χ3v) is 4.73. The number of hydrogen-bond donors (Lipinski definition) is 1. The van der Waals surface area contributed by atoms with Crippen molar-refractivity contribution in [2.45, 2.75) is 65.0 Å². The molecule has 4 unspecified atom stereocenters. The zero-order valence-corrected chi connectivity index (χ0v) is 14.4. The molecule has 1 aromatic carbocycles. The maximum atomic E-state index is 6.39. The predicted molar refractivity (Wildman–Crippen MR) is 90.0 cm³/mol. The molecule has 1 aliphatic carbocycles. The van der Waals surface area contributed by atoms with Gasteiger partial charge in [-0.3, -0.25) is 0 Å². The van der Waals surface area contributed by atoms with E-state index in [0.29, 0.717) is 12.0 Å². The quantitative estimate of drug-likeness (QED) is 0.891. The minimum Gasteiger partial charge on any atom is -0.489 e. The van der Waals surface area contributed by atoms with Crippen molar-refractivity contribution in [1.29, 1.82) is 0 Å². The number of ether oxygens (including phenoxy) is 1. The summed E-state index contributed by atoms with van der Waals surface area (Å²) in [7, 11) is 2.05. The van der Waals surface area contributed by atoms with Crippen LogP contribution in [0.15, 0.2) is 24.3 Å². The van der Waals surface area contributed by atoms with E-state index < -0.39 is 0 Å². The first-order valence-corrected chi connectivity index (χ1v) is 8.25. The maximum absolute atomic E-state index is 6.39. The summed E-state index contributed by atoms with van der Waals surface area (Å²) in [6.45, 7) is 11.4. The van der Waals surface area contributed by atoms with Gasteiger partial charge in [0.1, 0.15) is 11.9 Å². The molecule has 21 heavy (non-hydrogen) atoms. The third kappa shape index (κ3) is 4.00. The summed E-state index contributed by atoms with van der Waals surface area (Å²) in [4.78, 5) is 0. The Balaban J connectivity index is 2.16. The van der Waals surface area contributed by atoms with Crippen molar-refractivity contribution < 1.29 is 4.74 Å². The lowest BCUT2D eigenvalue weighted by Crippen LogP contribution is -2.49. The van der Waals surface area contributed by atoms with Gasteiger partial charge >= 0.3 is 0 Å². The molecular formula is C19H31NO. The molecule has 4 atom stereocenters. The number of rotatable bonds is 3. The van der Waals surface area contributed by atoms with E-state index in [1.54, 1.807) is 0 Å². The lowest BCUT2D eigenvalue weighted by atomic mass is 9.78. The van der Waals surface area contributed by atoms with E-state index in [1.807, 2.05) is 0 Å². The van der Waals surface area contributed by atoms with E-state index in [9.17, 15) is 0 Å². The molecule has 0 bridgehead atoms. The van der Waals surface area contributed by atoms with Crippen molar-refractivity contribution in [2.24, 2.45) is 11.8 Å². The smallest absolute Gasteiger partial charge is 0.120 e. The minimum atomic E-state index is 0.161. The topological polar surface area (TPSA) is 21.3 Å². The Morgan fingerprint density at radius 1 is 1.14 bits per heavy atom. The zero-order valence-electron chi connectivity index (χ0n) is 14.4. The van der Waals surface area contributed by atoms with Crippen molar-refractivity contribution in [3.05, 3.63) is 29.8 Å². The monoisotopic (exact) mass is 289 g/mol. The molecular weight excluding hydrogens is 258 g/mol. The summed E-state index contributed by atoms with van der Waals surface area (Å²) in [6, 6.07) is 9.04. The van der Waals surface area contributed by atoms with Gasteiger partial charge in [0.2, 0.25) is 0 Å². The Kier molecular flexibility index (Phi) is 4.98. The Hall–Kier alpha value is -1.02. The van der Waals surface area contributed by atoms with E-state index in [-0.39, 0.29) is 11.5 Å². The van der Waals surface area contributed by atoms with E-state index in [4.69, 9.17) is 4.74 Å². The first kappa shape index (κ1) is 16.4. The number of likely N-dealkylation sites (N-methyl/N-ethyl adjacent to an activating group) is 1. The SMILES string of the molecule is CNC1CC(C)CC(C)C1Oc1cccc(C(C)(C)C)c1. The maximum Gasteiger partial charge on any atom is 0.120 e. The van der Waals surface area contributed by atoms with Gasteiger partial charge in [0.25, 0.3) is 0 Å². The highest BCUT2D eigenvalue weighted by Gasteiger charge is 2.34. The van der Waals surface area contributed by atoms with Crippen LogP contribution in [0.1, 0.15) is 53.0 Å². The summed E-state index contributed by atoms with van der Waals surface area (Å²) >= 11 is 0. The first-order valence-electron chi connectivity index (χ1n) is 8.25. The van der Waals surface area contributed by atoms with Gasteiger partial charge in [-0.1, -0.05) is 46.8 Å². The van der Waals surface area contributed by atoms with Crippen LogP contribution in [0.5, 0.6) is 5.75 Å². The normalized spacial score (nSPS) is 30.2. The molecule has 1 fully saturated rings. The zero-order chi connectivity index (χ0) is 15.6. The molecule has 2 heteroatoms. The van der Waals surface area contributed by atoms with Crippen LogP contribution in [0.2, 0.25) is 0 Å². The van der Waals surface area contributed by atoms with Crippen LogP contribution in [-0.2, 0) is 5.41 Å². The average molecular weight is 289 g/mol. The lowest BCUT2D eigenvalue weighted by Gasteiger charge is -2.39. The summed E-state index contributed by atoms with van der Waals surface area (Å²) in [5.41, 5.74) is 1.49. The van der Waals surface area contributed by atoms with Gasteiger partial charge in [-0.25, -0.2) is 0 Å². The molecule has 1 N–H and O–H groups in total. The van der Waals surface area contributed by atoms with Crippen molar-refractivity contribution >= 4 is 0 Å². The molecule has 0 saturated heterocycles. The minimum absolute atomic E-state index is 0.161.